The Labute approximate surface area is 115 Å². The number of amides is 2. The van der Waals surface area contributed by atoms with E-state index in [2.05, 4.69) is 5.32 Å². The van der Waals surface area contributed by atoms with Gasteiger partial charge in [0.25, 0.3) is 0 Å². The van der Waals surface area contributed by atoms with Crippen LogP contribution < -0.4 is 5.32 Å². The number of anilines is 1. The Morgan fingerprint density at radius 3 is 2.50 bits per heavy atom. The van der Waals surface area contributed by atoms with E-state index in [9.17, 15) is 14.0 Å². The van der Waals surface area contributed by atoms with E-state index in [1.165, 1.54) is 11.0 Å². The number of rotatable bonds is 5. The highest BCUT2D eigenvalue weighted by Crippen LogP contribution is 2.15. The molecule has 0 unspecified atom stereocenters. The number of hydrogen-bond acceptors (Lipinski definition) is 3. The topological polar surface area (TPSA) is 89.9 Å². The lowest BCUT2D eigenvalue weighted by atomic mass is 10.2. The molecule has 0 saturated heterocycles. The number of hydrogen-bond donors (Lipinski definition) is 3. The number of nitrogens with zero attached hydrogens (tertiary/aromatic N) is 1. The first-order valence-corrected chi connectivity index (χ1v) is 6.08. The van der Waals surface area contributed by atoms with Crippen molar-refractivity contribution < 1.29 is 24.2 Å². The zero-order chi connectivity index (χ0) is 15.3. The molecule has 1 aromatic rings. The van der Waals surface area contributed by atoms with Crippen molar-refractivity contribution in [1.29, 1.82) is 0 Å². The first-order valence-electron chi connectivity index (χ1n) is 6.08. The molecule has 0 heterocycles. The van der Waals surface area contributed by atoms with Gasteiger partial charge in [-0.3, -0.25) is 0 Å². The van der Waals surface area contributed by atoms with Gasteiger partial charge in [-0.15, -0.1) is 0 Å². The van der Waals surface area contributed by atoms with Crippen molar-refractivity contribution in [1.82, 2.24) is 4.90 Å². The van der Waals surface area contributed by atoms with Crippen molar-refractivity contribution in [2.24, 2.45) is 0 Å². The Hall–Kier alpha value is -2.15. The van der Waals surface area contributed by atoms with Crippen molar-refractivity contribution in [2.75, 3.05) is 18.5 Å². The number of aliphatic hydroxyl groups excluding tert-OH is 1. The lowest BCUT2D eigenvalue weighted by molar-refractivity contribution is 0.0692. The summed E-state index contributed by atoms with van der Waals surface area (Å²) in [4.78, 5) is 24.0. The number of benzene rings is 1. The molecule has 3 N–H and O–H groups in total. The number of halogens is 1. The summed E-state index contributed by atoms with van der Waals surface area (Å²) in [6, 6.07) is 2.71. The molecule has 1 aromatic carbocycles. The molecule has 0 spiro atoms. The number of nitrogens with one attached hydrogen (secondary N) is 1. The van der Waals surface area contributed by atoms with E-state index in [0.717, 1.165) is 12.1 Å². The van der Waals surface area contributed by atoms with Crippen LogP contribution in [0.4, 0.5) is 14.9 Å². The number of carbonyl (C=O) groups excluding carboxylic acids is 1. The summed E-state index contributed by atoms with van der Waals surface area (Å²) in [7, 11) is 0. The monoisotopic (exact) mass is 284 g/mol. The summed E-state index contributed by atoms with van der Waals surface area (Å²) in [6.07, 6.45) is 0. The minimum atomic E-state index is -1.37. The van der Waals surface area contributed by atoms with Gasteiger partial charge in [-0.25, -0.2) is 14.0 Å². The molecule has 1 rings (SSSR count). The summed E-state index contributed by atoms with van der Waals surface area (Å²) in [5, 5.41) is 20.1. The third kappa shape index (κ3) is 3.92. The van der Waals surface area contributed by atoms with Gasteiger partial charge in [0, 0.05) is 18.3 Å². The summed E-state index contributed by atoms with van der Waals surface area (Å²) < 4.78 is 13.5. The van der Waals surface area contributed by atoms with Gasteiger partial charge in [-0.05, 0) is 32.0 Å². The second-order valence-electron chi connectivity index (χ2n) is 4.44. The standard InChI is InChI=1S/C13H17FN2O4/c1-8(2)16(5-6-17)13(20)15-9-3-4-10(12(18)19)11(14)7-9/h3-4,7-8,17H,5-6H2,1-2H3,(H,15,20)(H,18,19). The summed E-state index contributed by atoms with van der Waals surface area (Å²) in [5.74, 6) is -2.29. The zero-order valence-electron chi connectivity index (χ0n) is 11.3. The summed E-state index contributed by atoms with van der Waals surface area (Å²) in [6.45, 7) is 3.53. The number of carbonyl (C=O) groups is 2. The Bertz CT molecular complexity index is 505. The van der Waals surface area contributed by atoms with Crippen LogP contribution in [0, 0.1) is 5.82 Å². The van der Waals surface area contributed by atoms with Crippen LogP contribution in [0.2, 0.25) is 0 Å². The number of carboxylic acids is 1. The van der Waals surface area contributed by atoms with E-state index in [-0.39, 0.29) is 24.9 Å². The molecule has 0 aliphatic carbocycles. The average Bonchev–Trinajstić information content (AvgIpc) is 2.34. The van der Waals surface area contributed by atoms with Crippen LogP contribution in [0.5, 0.6) is 0 Å². The first-order chi connectivity index (χ1) is 9.36. The van der Waals surface area contributed by atoms with Crippen molar-refractivity contribution in [2.45, 2.75) is 19.9 Å². The van der Waals surface area contributed by atoms with Crippen LogP contribution >= 0.6 is 0 Å². The molecule has 0 radical (unpaired) electrons. The van der Waals surface area contributed by atoms with Crippen molar-refractivity contribution in [3.63, 3.8) is 0 Å². The normalized spacial score (nSPS) is 10.4. The maximum absolute atomic E-state index is 13.5. The second-order valence-corrected chi connectivity index (χ2v) is 4.44. The van der Waals surface area contributed by atoms with E-state index >= 15 is 0 Å². The highest BCUT2D eigenvalue weighted by Gasteiger charge is 2.17. The quantitative estimate of drug-likeness (QED) is 0.768. The minimum Gasteiger partial charge on any atom is -0.478 e. The molecule has 0 fully saturated rings. The van der Waals surface area contributed by atoms with E-state index < -0.39 is 23.4 Å². The Morgan fingerprint density at radius 1 is 1.40 bits per heavy atom. The van der Waals surface area contributed by atoms with Crippen molar-refractivity contribution >= 4 is 17.7 Å². The summed E-state index contributed by atoms with van der Waals surface area (Å²) >= 11 is 0. The molecule has 0 aromatic heterocycles. The van der Waals surface area contributed by atoms with Crippen LogP contribution in [-0.2, 0) is 0 Å². The maximum atomic E-state index is 13.5. The van der Waals surface area contributed by atoms with Gasteiger partial charge in [0.05, 0.1) is 12.2 Å². The maximum Gasteiger partial charge on any atom is 0.338 e. The Morgan fingerprint density at radius 2 is 2.05 bits per heavy atom. The number of aliphatic hydroxyl groups is 1. The Balaban J connectivity index is 2.85. The number of carboxylic acid groups (broad SMARTS) is 1. The van der Waals surface area contributed by atoms with Crippen molar-refractivity contribution in [3.05, 3.63) is 29.6 Å². The molecule has 6 nitrogen and oxygen atoms in total. The van der Waals surface area contributed by atoms with Gasteiger partial charge in [0.15, 0.2) is 0 Å². The van der Waals surface area contributed by atoms with Crippen LogP contribution in [0.1, 0.15) is 24.2 Å². The molecular formula is C13H17FN2O4. The first kappa shape index (κ1) is 15.9. The van der Waals surface area contributed by atoms with Gasteiger partial charge < -0.3 is 20.4 Å². The van der Waals surface area contributed by atoms with Crippen LogP contribution in [0.15, 0.2) is 18.2 Å². The third-order valence-corrected chi connectivity index (χ3v) is 2.68. The van der Waals surface area contributed by atoms with E-state index in [0.29, 0.717) is 0 Å². The molecule has 7 heteroatoms. The fourth-order valence-electron chi connectivity index (χ4n) is 1.66. The highest BCUT2D eigenvalue weighted by atomic mass is 19.1. The van der Waals surface area contributed by atoms with Gasteiger partial charge >= 0.3 is 12.0 Å². The lowest BCUT2D eigenvalue weighted by Gasteiger charge is -2.26. The molecular weight excluding hydrogens is 267 g/mol. The Kier molecular flexibility index (Phi) is 5.45. The van der Waals surface area contributed by atoms with E-state index in [1.54, 1.807) is 13.8 Å². The predicted molar refractivity (Wildman–Crippen MR) is 71.3 cm³/mol. The van der Waals surface area contributed by atoms with E-state index in [4.69, 9.17) is 10.2 Å². The number of aromatic carboxylic acids is 1. The number of urea groups is 1. The fourth-order valence-corrected chi connectivity index (χ4v) is 1.66. The zero-order valence-corrected chi connectivity index (χ0v) is 11.3. The fraction of sp³-hybridized carbons (Fsp3) is 0.385. The van der Waals surface area contributed by atoms with Gasteiger partial charge in [0.2, 0.25) is 0 Å². The van der Waals surface area contributed by atoms with Crippen molar-refractivity contribution in [3.8, 4) is 0 Å². The molecule has 20 heavy (non-hydrogen) atoms. The second kappa shape index (κ2) is 6.85. The molecule has 110 valence electrons. The molecule has 2 amide bonds. The highest BCUT2D eigenvalue weighted by molar-refractivity contribution is 5.92. The van der Waals surface area contributed by atoms with Crippen LogP contribution in [-0.4, -0.2) is 46.3 Å². The van der Waals surface area contributed by atoms with E-state index in [1.807, 2.05) is 0 Å². The van der Waals surface area contributed by atoms with Gasteiger partial charge in [-0.1, -0.05) is 0 Å². The summed E-state index contributed by atoms with van der Waals surface area (Å²) in [5.41, 5.74) is -0.305. The van der Waals surface area contributed by atoms with Gasteiger partial charge in [0.1, 0.15) is 5.82 Å². The van der Waals surface area contributed by atoms with Crippen LogP contribution in [0.25, 0.3) is 0 Å². The molecule has 0 saturated carbocycles. The predicted octanol–water partition coefficient (Wildman–Crippen LogP) is 1.76. The molecule has 0 aliphatic heterocycles. The average molecular weight is 284 g/mol. The molecule has 0 aliphatic rings. The lowest BCUT2D eigenvalue weighted by Crippen LogP contribution is -2.41. The largest absolute Gasteiger partial charge is 0.478 e. The SMILES string of the molecule is CC(C)N(CCO)C(=O)Nc1ccc(C(=O)O)c(F)c1. The molecule has 0 bridgehead atoms. The molecule has 0 atom stereocenters. The minimum absolute atomic E-state index is 0.134. The van der Waals surface area contributed by atoms with Crippen LogP contribution in [0.3, 0.4) is 0 Å². The third-order valence-electron chi connectivity index (χ3n) is 2.68. The smallest absolute Gasteiger partial charge is 0.338 e. The van der Waals surface area contributed by atoms with Gasteiger partial charge in [-0.2, -0.15) is 0 Å².